The molecule has 0 saturated heterocycles. The van der Waals surface area contributed by atoms with Crippen LogP contribution in [0, 0.1) is 0 Å². The number of benzene rings is 3. The van der Waals surface area contributed by atoms with Crippen LogP contribution in [0.15, 0.2) is 75.6 Å². The predicted molar refractivity (Wildman–Crippen MR) is 127 cm³/mol. The summed E-state index contributed by atoms with van der Waals surface area (Å²) in [6.07, 6.45) is 3.00. The molecule has 0 bridgehead atoms. The second kappa shape index (κ2) is 7.86. The molecule has 0 unspecified atom stereocenters. The first-order valence-corrected chi connectivity index (χ1v) is 10.3. The Kier molecular flexibility index (Phi) is 4.86. The van der Waals surface area contributed by atoms with Crippen molar-refractivity contribution >= 4 is 44.8 Å². The topological polar surface area (TPSA) is 103 Å². The third kappa shape index (κ3) is 3.39. The summed E-state index contributed by atoms with van der Waals surface area (Å²) in [5.74, 6) is -0.425. The number of nitrogens with one attached hydrogen (secondary N) is 1. The van der Waals surface area contributed by atoms with E-state index >= 15 is 0 Å². The van der Waals surface area contributed by atoms with Crippen LogP contribution >= 0.6 is 0 Å². The maximum Gasteiger partial charge on any atom is 0.332 e. The third-order valence-corrected chi connectivity index (χ3v) is 5.73. The summed E-state index contributed by atoms with van der Waals surface area (Å²) in [6.45, 7) is -0.169. The standard InChI is InChI=1S/C24H20N6O3/c1-28-22-21(23(32)29(2)24(28)33)30(14-25-22)13-20(31)27-26-12-19-17-9-5-3-7-15(17)11-16-8-4-6-10-18(16)19/h3-12,14H,13H2,1-2H3,(H,27,31)/b26-12-. The molecule has 5 aromatic rings. The molecule has 0 saturated carbocycles. The molecule has 1 amide bonds. The molecule has 1 N–H and O–H groups in total. The SMILES string of the molecule is Cn1c(=O)c2c(ncn2CC(=O)N/N=C\c2c3ccccc3cc3ccccc23)n(C)c1=O. The fourth-order valence-electron chi connectivity index (χ4n) is 4.06. The number of hydrazone groups is 1. The minimum Gasteiger partial charge on any atom is -0.315 e. The number of hydrogen-bond acceptors (Lipinski definition) is 5. The highest BCUT2D eigenvalue weighted by atomic mass is 16.2. The molecule has 3 aromatic carbocycles. The van der Waals surface area contributed by atoms with Crippen LogP contribution in [-0.2, 0) is 25.4 Å². The van der Waals surface area contributed by atoms with Gasteiger partial charge in [0.2, 0.25) is 0 Å². The van der Waals surface area contributed by atoms with E-state index in [9.17, 15) is 14.4 Å². The summed E-state index contributed by atoms with van der Waals surface area (Å²) in [5, 5.41) is 8.39. The van der Waals surface area contributed by atoms with Gasteiger partial charge in [-0.2, -0.15) is 5.10 Å². The summed E-state index contributed by atoms with van der Waals surface area (Å²) in [4.78, 5) is 41.3. The monoisotopic (exact) mass is 440 g/mol. The maximum absolute atomic E-state index is 12.6. The lowest BCUT2D eigenvalue weighted by Crippen LogP contribution is -2.38. The van der Waals surface area contributed by atoms with E-state index < -0.39 is 17.2 Å². The first kappa shape index (κ1) is 20.4. The molecule has 33 heavy (non-hydrogen) atoms. The van der Waals surface area contributed by atoms with Crippen molar-refractivity contribution in [3.05, 3.63) is 87.3 Å². The normalized spacial score (nSPS) is 11.7. The van der Waals surface area contributed by atoms with Gasteiger partial charge in [0.15, 0.2) is 11.2 Å². The summed E-state index contributed by atoms with van der Waals surface area (Å²) >= 11 is 0. The second-order valence-electron chi connectivity index (χ2n) is 7.78. The lowest BCUT2D eigenvalue weighted by molar-refractivity contribution is -0.121. The van der Waals surface area contributed by atoms with E-state index in [0.29, 0.717) is 0 Å². The van der Waals surface area contributed by atoms with Crippen LogP contribution in [-0.4, -0.2) is 30.8 Å². The van der Waals surface area contributed by atoms with E-state index in [-0.39, 0.29) is 17.7 Å². The van der Waals surface area contributed by atoms with Crippen molar-refractivity contribution in [1.29, 1.82) is 0 Å². The molecule has 2 heterocycles. The fraction of sp³-hybridized carbons (Fsp3) is 0.125. The minimum absolute atomic E-state index is 0.169. The molecule has 2 aromatic heterocycles. The number of amides is 1. The predicted octanol–water partition coefficient (Wildman–Crippen LogP) is 1.89. The van der Waals surface area contributed by atoms with Gasteiger partial charge in [-0.25, -0.2) is 15.2 Å². The fourth-order valence-corrected chi connectivity index (χ4v) is 4.06. The van der Waals surface area contributed by atoms with E-state index in [4.69, 9.17) is 0 Å². The van der Waals surface area contributed by atoms with Crippen LogP contribution in [0.5, 0.6) is 0 Å². The molecule has 0 fully saturated rings. The summed E-state index contributed by atoms with van der Waals surface area (Å²) in [6, 6.07) is 18.1. The maximum atomic E-state index is 12.6. The van der Waals surface area contributed by atoms with Gasteiger partial charge in [0, 0.05) is 19.7 Å². The van der Waals surface area contributed by atoms with Crippen molar-refractivity contribution in [3.8, 4) is 0 Å². The van der Waals surface area contributed by atoms with Gasteiger partial charge < -0.3 is 4.57 Å². The van der Waals surface area contributed by atoms with Gasteiger partial charge in [-0.1, -0.05) is 48.5 Å². The minimum atomic E-state index is -0.510. The van der Waals surface area contributed by atoms with Crippen molar-refractivity contribution in [2.45, 2.75) is 6.54 Å². The number of imidazole rings is 1. The average Bonchev–Trinajstić information content (AvgIpc) is 3.24. The van der Waals surface area contributed by atoms with Crippen LogP contribution in [0.25, 0.3) is 32.7 Å². The van der Waals surface area contributed by atoms with Gasteiger partial charge in [0.25, 0.3) is 11.5 Å². The Labute approximate surface area is 187 Å². The van der Waals surface area contributed by atoms with Crippen LogP contribution in [0.3, 0.4) is 0 Å². The zero-order valence-electron chi connectivity index (χ0n) is 18.0. The summed E-state index contributed by atoms with van der Waals surface area (Å²) < 4.78 is 3.67. The van der Waals surface area contributed by atoms with Crippen molar-refractivity contribution in [2.24, 2.45) is 19.2 Å². The largest absolute Gasteiger partial charge is 0.332 e. The Morgan fingerprint density at radius 2 is 1.64 bits per heavy atom. The number of aryl methyl sites for hydroxylation is 1. The van der Waals surface area contributed by atoms with E-state index in [1.807, 2.05) is 48.5 Å². The molecule has 0 radical (unpaired) electrons. The lowest BCUT2D eigenvalue weighted by Gasteiger charge is -2.08. The van der Waals surface area contributed by atoms with Crippen molar-refractivity contribution in [1.82, 2.24) is 24.1 Å². The molecule has 9 heteroatoms. The van der Waals surface area contributed by atoms with Crippen molar-refractivity contribution < 1.29 is 4.79 Å². The average molecular weight is 440 g/mol. The summed E-state index contributed by atoms with van der Waals surface area (Å²) in [7, 11) is 2.92. The number of rotatable bonds is 4. The Morgan fingerprint density at radius 3 is 2.30 bits per heavy atom. The van der Waals surface area contributed by atoms with Crippen LogP contribution in [0.1, 0.15) is 5.56 Å². The zero-order valence-corrected chi connectivity index (χ0v) is 18.0. The Bertz CT molecular complexity index is 1650. The molecule has 9 nitrogen and oxygen atoms in total. The second-order valence-corrected chi connectivity index (χ2v) is 7.78. The van der Waals surface area contributed by atoms with E-state index in [2.05, 4.69) is 21.6 Å². The number of hydrogen-bond donors (Lipinski definition) is 1. The lowest BCUT2D eigenvalue weighted by atomic mass is 9.97. The number of aromatic nitrogens is 4. The first-order chi connectivity index (χ1) is 16.0. The van der Waals surface area contributed by atoms with Crippen molar-refractivity contribution in [2.75, 3.05) is 0 Å². The zero-order chi connectivity index (χ0) is 23.1. The highest BCUT2D eigenvalue weighted by Crippen LogP contribution is 2.27. The first-order valence-electron chi connectivity index (χ1n) is 10.3. The Balaban J connectivity index is 1.45. The highest BCUT2D eigenvalue weighted by molar-refractivity contribution is 6.13. The van der Waals surface area contributed by atoms with Crippen LogP contribution in [0.4, 0.5) is 0 Å². The molecular formula is C24H20N6O3. The van der Waals surface area contributed by atoms with E-state index in [0.717, 1.165) is 31.7 Å². The van der Waals surface area contributed by atoms with Gasteiger partial charge in [0.1, 0.15) is 6.54 Å². The number of carbonyl (C=O) groups is 1. The number of nitrogens with zero attached hydrogens (tertiary/aromatic N) is 5. The smallest absolute Gasteiger partial charge is 0.315 e. The van der Waals surface area contributed by atoms with Gasteiger partial charge in [-0.15, -0.1) is 0 Å². The van der Waals surface area contributed by atoms with Crippen LogP contribution < -0.4 is 16.7 Å². The number of carbonyl (C=O) groups excluding carboxylic acids is 1. The molecule has 0 aliphatic rings. The molecule has 164 valence electrons. The third-order valence-electron chi connectivity index (χ3n) is 5.73. The van der Waals surface area contributed by atoms with Gasteiger partial charge in [-0.05, 0) is 27.6 Å². The highest BCUT2D eigenvalue weighted by Gasteiger charge is 2.15. The van der Waals surface area contributed by atoms with E-state index in [1.165, 1.54) is 29.6 Å². The quantitative estimate of drug-likeness (QED) is 0.262. The van der Waals surface area contributed by atoms with Crippen LogP contribution in [0.2, 0.25) is 0 Å². The molecule has 0 aliphatic heterocycles. The number of fused-ring (bicyclic) bond motifs is 3. The molecule has 0 atom stereocenters. The van der Waals surface area contributed by atoms with E-state index in [1.54, 1.807) is 6.21 Å². The van der Waals surface area contributed by atoms with Crippen molar-refractivity contribution in [3.63, 3.8) is 0 Å². The Morgan fingerprint density at radius 1 is 1.00 bits per heavy atom. The summed E-state index contributed by atoms with van der Waals surface area (Å²) in [5.41, 5.74) is 2.85. The molecular weight excluding hydrogens is 420 g/mol. The Hall–Kier alpha value is -4.53. The van der Waals surface area contributed by atoms with Gasteiger partial charge in [-0.3, -0.25) is 18.7 Å². The molecule has 0 aliphatic carbocycles. The molecule has 0 spiro atoms. The molecule has 5 rings (SSSR count). The van der Waals surface area contributed by atoms with Gasteiger partial charge in [0.05, 0.1) is 12.5 Å². The van der Waals surface area contributed by atoms with Gasteiger partial charge >= 0.3 is 5.69 Å².